The molecule has 0 spiro atoms. The summed E-state index contributed by atoms with van der Waals surface area (Å²) in [7, 11) is 1.76. The Morgan fingerprint density at radius 2 is 2.00 bits per heavy atom. The molecule has 0 aliphatic carbocycles. The van der Waals surface area contributed by atoms with Gasteiger partial charge in [-0.05, 0) is 19.8 Å². The molecule has 1 rings (SSSR count). The highest BCUT2D eigenvalue weighted by atomic mass is 16.5. The summed E-state index contributed by atoms with van der Waals surface area (Å²) in [6.45, 7) is 8.65. The van der Waals surface area contributed by atoms with E-state index in [2.05, 4.69) is 25.7 Å². The number of nitrogens with zero attached hydrogens (tertiary/aromatic N) is 1. The Bertz CT molecular complexity index is 153. The van der Waals surface area contributed by atoms with Gasteiger partial charge in [0.05, 0.1) is 6.10 Å². The molecule has 4 unspecified atom stereocenters. The van der Waals surface area contributed by atoms with Crippen LogP contribution >= 0.6 is 0 Å². The monoisotopic (exact) mass is 186 g/mol. The highest BCUT2D eigenvalue weighted by molar-refractivity contribution is 4.88. The summed E-state index contributed by atoms with van der Waals surface area (Å²) in [5, 5.41) is 0. The maximum absolute atomic E-state index is 5.97. The number of ether oxygens (including phenoxy) is 1. The number of hydrogen-bond donors (Lipinski definition) is 1. The molecule has 1 saturated heterocycles. The van der Waals surface area contributed by atoms with Gasteiger partial charge < -0.3 is 10.5 Å². The number of methoxy groups -OCH3 is 1. The Labute approximate surface area is 81.2 Å². The normalized spacial score (nSPS) is 34.8. The Hall–Kier alpha value is -0.120. The molecule has 0 radical (unpaired) electrons. The fraction of sp³-hybridized carbons (Fsp3) is 1.00. The second-order valence-electron chi connectivity index (χ2n) is 4.28. The smallest absolute Gasteiger partial charge is 0.0695 e. The summed E-state index contributed by atoms with van der Waals surface area (Å²) in [6, 6.07) is 0.813. The van der Waals surface area contributed by atoms with E-state index in [1.165, 1.54) is 0 Å². The molecule has 1 aliphatic rings. The Morgan fingerprint density at radius 1 is 1.38 bits per heavy atom. The average molecular weight is 186 g/mol. The van der Waals surface area contributed by atoms with Crippen LogP contribution in [0.2, 0.25) is 0 Å². The zero-order valence-electron chi connectivity index (χ0n) is 9.16. The van der Waals surface area contributed by atoms with E-state index >= 15 is 0 Å². The van der Waals surface area contributed by atoms with E-state index in [4.69, 9.17) is 10.5 Å². The molecule has 2 N–H and O–H groups in total. The summed E-state index contributed by atoms with van der Waals surface area (Å²) in [4.78, 5) is 2.42. The molecule has 13 heavy (non-hydrogen) atoms. The van der Waals surface area contributed by atoms with Gasteiger partial charge in [-0.2, -0.15) is 0 Å². The van der Waals surface area contributed by atoms with Crippen LogP contribution in [0.5, 0.6) is 0 Å². The van der Waals surface area contributed by atoms with Crippen molar-refractivity contribution in [3.8, 4) is 0 Å². The zero-order valence-corrected chi connectivity index (χ0v) is 9.16. The minimum absolute atomic E-state index is 0.289. The van der Waals surface area contributed by atoms with Gasteiger partial charge in [-0.3, -0.25) is 4.90 Å². The van der Waals surface area contributed by atoms with Crippen LogP contribution in [0.15, 0.2) is 0 Å². The van der Waals surface area contributed by atoms with Crippen molar-refractivity contribution in [3.05, 3.63) is 0 Å². The predicted octanol–water partition coefficient (Wildman–Crippen LogP) is 0.689. The molecule has 4 atom stereocenters. The Morgan fingerprint density at radius 3 is 2.38 bits per heavy atom. The molecule has 0 aromatic carbocycles. The quantitative estimate of drug-likeness (QED) is 0.705. The molecule has 0 aromatic heterocycles. The molecular formula is C10H22N2O. The lowest BCUT2D eigenvalue weighted by molar-refractivity contribution is 0.0416. The summed E-state index contributed by atoms with van der Waals surface area (Å²) >= 11 is 0. The van der Waals surface area contributed by atoms with Gasteiger partial charge in [-0.15, -0.1) is 0 Å². The first-order valence-corrected chi connectivity index (χ1v) is 5.08. The van der Waals surface area contributed by atoms with Crippen LogP contribution in [0.1, 0.15) is 20.8 Å². The van der Waals surface area contributed by atoms with Crippen LogP contribution in [-0.4, -0.2) is 43.3 Å². The van der Waals surface area contributed by atoms with Gasteiger partial charge in [0.25, 0.3) is 0 Å². The van der Waals surface area contributed by atoms with E-state index in [1.54, 1.807) is 7.11 Å². The maximum Gasteiger partial charge on any atom is 0.0695 e. The van der Waals surface area contributed by atoms with E-state index < -0.39 is 0 Å². The zero-order chi connectivity index (χ0) is 10.0. The third kappa shape index (κ3) is 2.42. The van der Waals surface area contributed by atoms with Crippen molar-refractivity contribution in [2.45, 2.75) is 39.0 Å². The molecule has 1 fully saturated rings. The number of rotatable bonds is 3. The summed E-state index contributed by atoms with van der Waals surface area (Å²) in [5.41, 5.74) is 5.97. The molecule has 1 aliphatic heterocycles. The molecular weight excluding hydrogens is 164 g/mol. The Kier molecular flexibility index (Phi) is 3.71. The number of hydrogen-bond acceptors (Lipinski definition) is 3. The lowest BCUT2D eigenvalue weighted by Gasteiger charge is -2.28. The maximum atomic E-state index is 5.97. The van der Waals surface area contributed by atoms with Gasteiger partial charge in [0.15, 0.2) is 0 Å². The first kappa shape index (κ1) is 11.0. The van der Waals surface area contributed by atoms with Crippen molar-refractivity contribution < 1.29 is 4.74 Å². The first-order valence-electron chi connectivity index (χ1n) is 5.08. The predicted molar refractivity (Wildman–Crippen MR) is 54.6 cm³/mol. The third-order valence-electron chi connectivity index (χ3n) is 3.33. The van der Waals surface area contributed by atoms with Crippen LogP contribution in [0.25, 0.3) is 0 Å². The van der Waals surface area contributed by atoms with Gasteiger partial charge in [0, 0.05) is 32.3 Å². The highest BCUT2D eigenvalue weighted by Gasteiger charge is 2.31. The van der Waals surface area contributed by atoms with Gasteiger partial charge in [0.1, 0.15) is 0 Å². The van der Waals surface area contributed by atoms with Crippen molar-refractivity contribution in [1.82, 2.24) is 4.90 Å². The van der Waals surface area contributed by atoms with Crippen LogP contribution in [0.3, 0.4) is 0 Å². The standard InChI is InChI=1S/C10H22N2O/c1-7-5-12(6-10(7)11)8(2)9(3)13-4/h7-10H,5-6,11H2,1-4H3. The molecule has 3 heteroatoms. The third-order valence-corrected chi connectivity index (χ3v) is 3.33. The van der Waals surface area contributed by atoms with Crippen molar-refractivity contribution in [3.63, 3.8) is 0 Å². The van der Waals surface area contributed by atoms with E-state index in [0.29, 0.717) is 18.0 Å². The van der Waals surface area contributed by atoms with E-state index in [0.717, 1.165) is 13.1 Å². The lowest BCUT2D eigenvalue weighted by Crippen LogP contribution is -2.40. The van der Waals surface area contributed by atoms with Crippen LogP contribution in [0, 0.1) is 5.92 Å². The van der Waals surface area contributed by atoms with Gasteiger partial charge in [-0.1, -0.05) is 6.92 Å². The SMILES string of the molecule is COC(C)C(C)N1CC(C)C(N)C1. The summed E-state index contributed by atoms with van der Waals surface area (Å²) in [5.74, 6) is 0.617. The van der Waals surface area contributed by atoms with Gasteiger partial charge >= 0.3 is 0 Å². The largest absolute Gasteiger partial charge is 0.380 e. The number of likely N-dealkylation sites (tertiary alicyclic amines) is 1. The minimum atomic E-state index is 0.289. The van der Waals surface area contributed by atoms with E-state index in [1.807, 2.05) is 0 Å². The second kappa shape index (κ2) is 4.40. The molecule has 0 bridgehead atoms. The fourth-order valence-corrected chi connectivity index (χ4v) is 1.86. The van der Waals surface area contributed by atoms with Crippen molar-refractivity contribution in [1.29, 1.82) is 0 Å². The van der Waals surface area contributed by atoms with E-state index in [9.17, 15) is 0 Å². The van der Waals surface area contributed by atoms with E-state index in [-0.39, 0.29) is 6.10 Å². The fourth-order valence-electron chi connectivity index (χ4n) is 1.86. The van der Waals surface area contributed by atoms with Crippen LogP contribution in [0.4, 0.5) is 0 Å². The molecule has 0 saturated carbocycles. The topological polar surface area (TPSA) is 38.5 Å². The number of nitrogens with two attached hydrogens (primary N) is 1. The van der Waals surface area contributed by atoms with Crippen LogP contribution < -0.4 is 5.73 Å². The van der Waals surface area contributed by atoms with Gasteiger partial charge in [0.2, 0.25) is 0 Å². The van der Waals surface area contributed by atoms with Crippen molar-refractivity contribution >= 4 is 0 Å². The molecule has 78 valence electrons. The average Bonchev–Trinajstić information content (AvgIpc) is 2.44. The van der Waals surface area contributed by atoms with Gasteiger partial charge in [-0.25, -0.2) is 0 Å². The van der Waals surface area contributed by atoms with Crippen molar-refractivity contribution in [2.75, 3.05) is 20.2 Å². The molecule has 0 amide bonds. The second-order valence-corrected chi connectivity index (χ2v) is 4.28. The highest BCUT2D eigenvalue weighted by Crippen LogP contribution is 2.19. The summed E-state index contributed by atoms with van der Waals surface area (Å²) in [6.07, 6.45) is 0.289. The Balaban J connectivity index is 2.45. The lowest BCUT2D eigenvalue weighted by atomic mass is 10.1. The molecule has 3 nitrogen and oxygen atoms in total. The first-order chi connectivity index (χ1) is 6.06. The summed E-state index contributed by atoms with van der Waals surface area (Å²) < 4.78 is 5.31. The molecule has 0 aromatic rings. The minimum Gasteiger partial charge on any atom is -0.380 e. The van der Waals surface area contributed by atoms with Crippen LogP contribution in [-0.2, 0) is 4.74 Å². The molecule has 1 heterocycles. The van der Waals surface area contributed by atoms with Crippen molar-refractivity contribution in [2.24, 2.45) is 11.7 Å².